The highest BCUT2D eigenvalue weighted by atomic mass is 32.2. The van der Waals surface area contributed by atoms with Gasteiger partial charge in [0, 0.05) is 45.4 Å². The lowest BCUT2D eigenvalue weighted by Gasteiger charge is -2.25. The molecule has 140 valence electrons. The Hall–Kier alpha value is -1.48. The van der Waals surface area contributed by atoms with Crippen LogP contribution in [0, 0.1) is 0 Å². The van der Waals surface area contributed by atoms with E-state index >= 15 is 0 Å². The van der Waals surface area contributed by atoms with Gasteiger partial charge in [0.25, 0.3) is 5.91 Å². The maximum absolute atomic E-state index is 12.6. The maximum Gasteiger partial charge on any atom is 0.251 e. The second-order valence-electron chi connectivity index (χ2n) is 5.99. The van der Waals surface area contributed by atoms with Gasteiger partial charge in [-0.1, -0.05) is 6.42 Å². The average Bonchev–Trinajstić information content (AvgIpc) is 2.65. The third-order valence-corrected chi connectivity index (χ3v) is 6.05. The van der Waals surface area contributed by atoms with Gasteiger partial charge in [0.05, 0.1) is 11.5 Å². The molecule has 1 aromatic carbocycles. The lowest BCUT2D eigenvalue weighted by Crippen LogP contribution is -2.35. The molecule has 0 atom stereocenters. The highest BCUT2D eigenvalue weighted by Gasteiger charge is 2.25. The van der Waals surface area contributed by atoms with Crippen molar-refractivity contribution in [2.24, 2.45) is 0 Å². The summed E-state index contributed by atoms with van der Waals surface area (Å²) >= 11 is 0. The zero-order chi connectivity index (χ0) is 18.1. The van der Waals surface area contributed by atoms with Crippen molar-refractivity contribution in [3.63, 3.8) is 0 Å². The van der Waals surface area contributed by atoms with Crippen LogP contribution in [0.15, 0.2) is 29.2 Å². The van der Waals surface area contributed by atoms with E-state index in [9.17, 15) is 13.2 Å². The minimum absolute atomic E-state index is 0.213. The molecule has 0 bridgehead atoms. The molecule has 1 aromatic rings. The Bertz CT molecular complexity index is 640. The molecular weight excluding hydrogens is 342 g/mol. The topological polar surface area (TPSA) is 87.7 Å². The molecule has 1 saturated heterocycles. The van der Waals surface area contributed by atoms with Crippen molar-refractivity contribution in [2.75, 3.05) is 46.4 Å². The van der Waals surface area contributed by atoms with Gasteiger partial charge >= 0.3 is 0 Å². The Morgan fingerprint density at radius 1 is 1.08 bits per heavy atom. The number of methoxy groups -OCH3 is 1. The fourth-order valence-electron chi connectivity index (χ4n) is 2.70. The number of piperidine rings is 1. The fraction of sp³-hybridized carbons (Fsp3) is 0.588. The molecule has 25 heavy (non-hydrogen) atoms. The third-order valence-electron chi connectivity index (χ3n) is 4.14. The highest BCUT2D eigenvalue weighted by Crippen LogP contribution is 2.20. The van der Waals surface area contributed by atoms with Crippen LogP contribution in [0.25, 0.3) is 0 Å². The van der Waals surface area contributed by atoms with Gasteiger partial charge in [0.15, 0.2) is 0 Å². The lowest BCUT2D eigenvalue weighted by molar-refractivity contribution is 0.0953. The smallest absolute Gasteiger partial charge is 0.251 e. The highest BCUT2D eigenvalue weighted by molar-refractivity contribution is 7.89. The number of nitrogens with zero attached hydrogens (tertiary/aromatic N) is 1. The number of ether oxygens (including phenoxy) is 1. The van der Waals surface area contributed by atoms with Crippen LogP contribution in [-0.2, 0) is 14.8 Å². The number of amides is 1. The summed E-state index contributed by atoms with van der Waals surface area (Å²) in [4.78, 5) is 12.3. The van der Waals surface area contributed by atoms with E-state index in [1.54, 1.807) is 19.2 Å². The van der Waals surface area contributed by atoms with Crippen LogP contribution < -0.4 is 10.6 Å². The van der Waals surface area contributed by atoms with Crippen molar-refractivity contribution >= 4 is 15.9 Å². The Kier molecular flexibility index (Phi) is 7.83. The molecule has 0 saturated carbocycles. The van der Waals surface area contributed by atoms with Gasteiger partial charge in [-0.05, 0) is 37.1 Å². The summed E-state index contributed by atoms with van der Waals surface area (Å²) in [6.45, 7) is 3.64. The lowest BCUT2D eigenvalue weighted by atomic mass is 10.2. The molecule has 1 fully saturated rings. The van der Waals surface area contributed by atoms with Crippen LogP contribution in [0.3, 0.4) is 0 Å². The van der Waals surface area contributed by atoms with Crippen molar-refractivity contribution in [3.05, 3.63) is 29.8 Å². The van der Waals surface area contributed by atoms with E-state index < -0.39 is 10.0 Å². The van der Waals surface area contributed by atoms with E-state index in [0.29, 0.717) is 38.3 Å². The van der Waals surface area contributed by atoms with Gasteiger partial charge in [-0.25, -0.2) is 8.42 Å². The summed E-state index contributed by atoms with van der Waals surface area (Å²) in [7, 11) is -1.82. The molecule has 7 nitrogen and oxygen atoms in total. The Balaban J connectivity index is 1.87. The zero-order valence-corrected chi connectivity index (χ0v) is 15.5. The molecule has 1 aliphatic heterocycles. The second-order valence-corrected chi connectivity index (χ2v) is 7.93. The molecule has 0 radical (unpaired) electrons. The van der Waals surface area contributed by atoms with Crippen molar-refractivity contribution in [1.29, 1.82) is 0 Å². The molecule has 1 heterocycles. The van der Waals surface area contributed by atoms with E-state index in [0.717, 1.165) is 25.8 Å². The summed E-state index contributed by atoms with van der Waals surface area (Å²) in [5.41, 5.74) is 0.453. The Morgan fingerprint density at radius 2 is 1.76 bits per heavy atom. The number of benzene rings is 1. The van der Waals surface area contributed by atoms with E-state index in [2.05, 4.69) is 10.6 Å². The van der Waals surface area contributed by atoms with E-state index in [-0.39, 0.29) is 10.8 Å². The molecule has 0 unspecified atom stereocenters. The number of rotatable bonds is 9. The van der Waals surface area contributed by atoms with Crippen LogP contribution >= 0.6 is 0 Å². The van der Waals surface area contributed by atoms with E-state index in [4.69, 9.17) is 4.74 Å². The standard InChI is InChI=1S/C17H27N3O4S/c1-24-14-11-18-9-10-19-17(21)15-5-7-16(8-6-15)25(22,23)20-12-3-2-4-13-20/h5-8,18H,2-4,9-14H2,1H3,(H,19,21). The Morgan fingerprint density at radius 3 is 2.40 bits per heavy atom. The fourth-order valence-corrected chi connectivity index (χ4v) is 4.22. The van der Waals surface area contributed by atoms with Gasteiger partial charge < -0.3 is 15.4 Å². The van der Waals surface area contributed by atoms with Gasteiger partial charge in [-0.2, -0.15) is 4.31 Å². The monoisotopic (exact) mass is 369 g/mol. The number of nitrogens with one attached hydrogen (secondary N) is 2. The molecule has 1 aliphatic rings. The minimum Gasteiger partial charge on any atom is -0.383 e. The molecular formula is C17H27N3O4S. The largest absolute Gasteiger partial charge is 0.383 e. The van der Waals surface area contributed by atoms with Crippen molar-refractivity contribution in [2.45, 2.75) is 24.2 Å². The maximum atomic E-state index is 12.6. The zero-order valence-electron chi connectivity index (χ0n) is 14.7. The quantitative estimate of drug-likeness (QED) is 0.630. The predicted octanol–water partition coefficient (Wildman–Crippen LogP) is 0.827. The first-order chi connectivity index (χ1) is 12.1. The third kappa shape index (κ3) is 5.78. The van der Waals surface area contributed by atoms with Gasteiger partial charge in [-0.15, -0.1) is 0 Å². The number of hydrogen-bond acceptors (Lipinski definition) is 5. The molecule has 0 aliphatic carbocycles. The van der Waals surface area contributed by atoms with Crippen LogP contribution in [0.4, 0.5) is 0 Å². The van der Waals surface area contributed by atoms with Gasteiger partial charge in [0.2, 0.25) is 10.0 Å². The molecule has 2 N–H and O–H groups in total. The average molecular weight is 369 g/mol. The van der Waals surface area contributed by atoms with Gasteiger partial charge in [0.1, 0.15) is 0 Å². The van der Waals surface area contributed by atoms with Gasteiger partial charge in [-0.3, -0.25) is 4.79 Å². The molecule has 1 amide bonds. The summed E-state index contributed by atoms with van der Waals surface area (Å²) in [5, 5.41) is 5.93. The SMILES string of the molecule is COCCNCCNC(=O)c1ccc(S(=O)(=O)N2CCCCC2)cc1. The van der Waals surface area contributed by atoms with Crippen LogP contribution in [0.5, 0.6) is 0 Å². The van der Waals surface area contributed by atoms with Crippen molar-refractivity contribution in [1.82, 2.24) is 14.9 Å². The molecule has 8 heteroatoms. The summed E-state index contributed by atoms with van der Waals surface area (Å²) in [6, 6.07) is 6.14. The summed E-state index contributed by atoms with van der Waals surface area (Å²) in [5.74, 6) is -0.213. The number of sulfonamides is 1. The van der Waals surface area contributed by atoms with Crippen LogP contribution in [0.1, 0.15) is 29.6 Å². The first-order valence-electron chi connectivity index (χ1n) is 8.64. The molecule has 2 rings (SSSR count). The number of carbonyl (C=O) groups excluding carboxylic acids is 1. The minimum atomic E-state index is -3.45. The second kappa shape index (κ2) is 9.86. The van der Waals surface area contributed by atoms with Crippen LogP contribution in [0.2, 0.25) is 0 Å². The first-order valence-corrected chi connectivity index (χ1v) is 10.1. The summed E-state index contributed by atoms with van der Waals surface area (Å²) in [6.07, 6.45) is 2.88. The molecule has 0 spiro atoms. The van der Waals surface area contributed by atoms with Crippen molar-refractivity contribution < 1.29 is 17.9 Å². The van der Waals surface area contributed by atoms with E-state index in [1.165, 1.54) is 16.4 Å². The van der Waals surface area contributed by atoms with Crippen LogP contribution in [-0.4, -0.2) is 65.1 Å². The predicted molar refractivity (Wildman–Crippen MR) is 96.1 cm³/mol. The van der Waals surface area contributed by atoms with Crippen molar-refractivity contribution in [3.8, 4) is 0 Å². The first kappa shape index (κ1) is 19.8. The number of hydrogen-bond donors (Lipinski definition) is 2. The molecule has 0 aromatic heterocycles. The normalized spacial score (nSPS) is 15.9. The summed E-state index contributed by atoms with van der Waals surface area (Å²) < 4.78 is 31.6. The van der Waals surface area contributed by atoms with E-state index in [1.807, 2.05) is 0 Å². The Labute approximate surface area is 149 Å². The number of carbonyl (C=O) groups is 1.